The molecule has 1 atom stereocenters. The van der Waals surface area contributed by atoms with E-state index in [9.17, 15) is 18.4 Å². The fourth-order valence-electron chi connectivity index (χ4n) is 3.73. The van der Waals surface area contributed by atoms with E-state index in [-0.39, 0.29) is 19.5 Å². The maximum Gasteiger partial charge on any atom is 0.404 e. The van der Waals surface area contributed by atoms with E-state index < -0.39 is 17.6 Å². The fraction of sp³-hybridized carbons (Fsp3) is 0.381. The summed E-state index contributed by atoms with van der Waals surface area (Å²) in [6.45, 7) is 0.527. The Kier molecular flexibility index (Phi) is 5.33. The first kappa shape index (κ1) is 18.5. The summed E-state index contributed by atoms with van der Waals surface area (Å²) < 4.78 is 41.0. The summed E-state index contributed by atoms with van der Waals surface area (Å²) in [5.41, 5.74) is 0.879. The van der Waals surface area contributed by atoms with Crippen LogP contribution in [0.3, 0.4) is 0 Å². The first-order valence-electron chi connectivity index (χ1n) is 8.76. The second-order valence-corrected chi connectivity index (χ2v) is 6.84. The third-order valence-corrected chi connectivity index (χ3v) is 5.28. The van der Waals surface area contributed by atoms with Crippen LogP contribution in [0.5, 0.6) is 0 Å². The average molecular weight is 358 g/mol. The van der Waals surface area contributed by atoms with Crippen molar-refractivity contribution in [2.75, 3.05) is 13.1 Å². The molecule has 1 fully saturated rings. The van der Waals surface area contributed by atoms with Gasteiger partial charge in [-0.15, -0.1) is 0 Å². The van der Waals surface area contributed by atoms with Gasteiger partial charge in [-0.3, -0.25) is 4.90 Å². The third kappa shape index (κ3) is 3.91. The highest BCUT2D eigenvalue weighted by atomic mass is 19.4. The summed E-state index contributed by atoms with van der Waals surface area (Å²) in [5, 5.41) is 9.72. The van der Waals surface area contributed by atoms with Gasteiger partial charge in [0.2, 0.25) is 0 Å². The van der Waals surface area contributed by atoms with E-state index in [1.165, 1.54) is 4.90 Å². The van der Waals surface area contributed by atoms with Crippen molar-refractivity contribution in [1.82, 2.24) is 4.90 Å². The summed E-state index contributed by atoms with van der Waals surface area (Å²) in [7, 11) is 0. The summed E-state index contributed by atoms with van der Waals surface area (Å²) in [4.78, 5) is 1.49. The van der Waals surface area contributed by atoms with Crippen LogP contribution in [0, 0.1) is 11.3 Å². The standard InChI is InChI=1S/C21H21F3N2/c22-21(23,24)19(15-17-7-3-1-4-8-17)26-13-11-20(16-25,12-14-26)18-9-5-2-6-10-18/h1-10,19H,11-15H2. The molecule has 0 radical (unpaired) electrons. The smallest absolute Gasteiger partial charge is 0.292 e. The second kappa shape index (κ2) is 7.51. The van der Waals surface area contributed by atoms with E-state index >= 15 is 0 Å². The predicted octanol–water partition coefficient (Wildman–Crippen LogP) is 4.72. The Bertz CT molecular complexity index is 742. The van der Waals surface area contributed by atoms with Crippen molar-refractivity contribution in [2.45, 2.75) is 36.9 Å². The van der Waals surface area contributed by atoms with Crippen LogP contribution in [0.1, 0.15) is 24.0 Å². The van der Waals surface area contributed by atoms with E-state index in [1.54, 1.807) is 30.3 Å². The topological polar surface area (TPSA) is 27.0 Å². The van der Waals surface area contributed by atoms with Crippen molar-refractivity contribution in [1.29, 1.82) is 5.26 Å². The lowest BCUT2D eigenvalue weighted by atomic mass is 9.73. The number of alkyl halides is 3. The quantitative estimate of drug-likeness (QED) is 0.791. The highest BCUT2D eigenvalue weighted by Crippen LogP contribution is 2.38. The van der Waals surface area contributed by atoms with Gasteiger partial charge in [0.05, 0.1) is 11.5 Å². The lowest BCUT2D eigenvalue weighted by Crippen LogP contribution is -2.52. The van der Waals surface area contributed by atoms with E-state index in [1.807, 2.05) is 30.3 Å². The predicted molar refractivity (Wildman–Crippen MR) is 94.5 cm³/mol. The molecule has 2 aromatic carbocycles. The molecule has 1 aliphatic rings. The minimum absolute atomic E-state index is 0.0603. The number of rotatable bonds is 4. The van der Waals surface area contributed by atoms with Crippen LogP contribution in [0.2, 0.25) is 0 Å². The Morgan fingerprint density at radius 1 is 0.962 bits per heavy atom. The Morgan fingerprint density at radius 3 is 2.00 bits per heavy atom. The molecule has 26 heavy (non-hydrogen) atoms. The van der Waals surface area contributed by atoms with Crippen molar-refractivity contribution >= 4 is 0 Å². The molecule has 0 bridgehead atoms. The Morgan fingerprint density at radius 2 is 1.50 bits per heavy atom. The molecule has 0 spiro atoms. The largest absolute Gasteiger partial charge is 0.404 e. The molecule has 2 aromatic rings. The number of likely N-dealkylation sites (tertiary alicyclic amines) is 1. The summed E-state index contributed by atoms with van der Waals surface area (Å²) in [6, 6.07) is 19.0. The molecular weight excluding hydrogens is 337 g/mol. The zero-order valence-corrected chi connectivity index (χ0v) is 14.4. The van der Waals surface area contributed by atoms with Gasteiger partial charge in [-0.1, -0.05) is 60.7 Å². The number of nitriles is 1. The molecule has 136 valence electrons. The lowest BCUT2D eigenvalue weighted by molar-refractivity contribution is -0.186. The Labute approximate surface area is 151 Å². The van der Waals surface area contributed by atoms with E-state index in [2.05, 4.69) is 6.07 Å². The van der Waals surface area contributed by atoms with Crippen LogP contribution in [-0.2, 0) is 11.8 Å². The molecule has 0 saturated carbocycles. The number of halogens is 3. The minimum atomic E-state index is -4.30. The first-order chi connectivity index (χ1) is 12.4. The third-order valence-electron chi connectivity index (χ3n) is 5.28. The molecule has 1 unspecified atom stereocenters. The normalized spacial score (nSPS) is 18.8. The SMILES string of the molecule is N#CC1(c2ccccc2)CCN(C(Cc2ccccc2)C(F)(F)F)CC1. The van der Waals surface area contributed by atoms with Crippen molar-refractivity contribution in [3.8, 4) is 6.07 Å². The molecule has 1 saturated heterocycles. The molecule has 1 heterocycles. The molecule has 2 nitrogen and oxygen atoms in total. The number of hydrogen-bond donors (Lipinski definition) is 0. The van der Waals surface area contributed by atoms with Gasteiger partial charge >= 0.3 is 6.18 Å². The maximum absolute atomic E-state index is 13.7. The van der Waals surface area contributed by atoms with Crippen LogP contribution in [0.15, 0.2) is 60.7 Å². The Hall–Kier alpha value is -2.32. The van der Waals surface area contributed by atoms with Crippen LogP contribution < -0.4 is 0 Å². The monoisotopic (exact) mass is 358 g/mol. The van der Waals surface area contributed by atoms with Crippen molar-refractivity contribution in [2.24, 2.45) is 0 Å². The maximum atomic E-state index is 13.7. The van der Waals surface area contributed by atoms with Crippen molar-refractivity contribution in [3.05, 3.63) is 71.8 Å². The highest BCUT2D eigenvalue weighted by Gasteiger charge is 2.46. The number of benzene rings is 2. The van der Waals surface area contributed by atoms with Gasteiger partial charge in [0.1, 0.15) is 6.04 Å². The van der Waals surface area contributed by atoms with Crippen LogP contribution >= 0.6 is 0 Å². The van der Waals surface area contributed by atoms with Gasteiger partial charge in [-0.05, 0) is 30.4 Å². The zero-order chi connectivity index (χ0) is 18.6. The van der Waals surface area contributed by atoms with E-state index in [0.29, 0.717) is 18.4 Å². The molecule has 3 rings (SSSR count). The van der Waals surface area contributed by atoms with Gasteiger partial charge in [-0.2, -0.15) is 18.4 Å². The lowest BCUT2D eigenvalue weighted by Gasteiger charge is -2.42. The zero-order valence-electron chi connectivity index (χ0n) is 14.4. The molecule has 0 aromatic heterocycles. The van der Waals surface area contributed by atoms with E-state index in [0.717, 1.165) is 5.56 Å². The second-order valence-electron chi connectivity index (χ2n) is 6.84. The fourth-order valence-corrected chi connectivity index (χ4v) is 3.73. The highest BCUT2D eigenvalue weighted by molar-refractivity contribution is 5.33. The van der Waals surface area contributed by atoms with E-state index in [4.69, 9.17) is 0 Å². The van der Waals surface area contributed by atoms with Gasteiger partial charge < -0.3 is 0 Å². The number of nitrogens with zero attached hydrogens (tertiary/aromatic N) is 2. The van der Waals surface area contributed by atoms with Crippen molar-refractivity contribution in [3.63, 3.8) is 0 Å². The molecular formula is C21H21F3N2. The van der Waals surface area contributed by atoms with Gasteiger partial charge in [0, 0.05) is 13.1 Å². The molecule has 0 aliphatic carbocycles. The van der Waals surface area contributed by atoms with Crippen LogP contribution in [-0.4, -0.2) is 30.2 Å². The van der Waals surface area contributed by atoms with Crippen molar-refractivity contribution < 1.29 is 13.2 Å². The molecule has 0 amide bonds. The van der Waals surface area contributed by atoms with Gasteiger partial charge in [0.25, 0.3) is 0 Å². The molecule has 0 N–H and O–H groups in total. The molecule has 1 aliphatic heterocycles. The average Bonchev–Trinajstić information content (AvgIpc) is 2.67. The van der Waals surface area contributed by atoms with Gasteiger partial charge in [-0.25, -0.2) is 0 Å². The first-order valence-corrected chi connectivity index (χ1v) is 8.76. The van der Waals surface area contributed by atoms with Crippen LogP contribution in [0.4, 0.5) is 13.2 Å². The van der Waals surface area contributed by atoms with Gasteiger partial charge in [0.15, 0.2) is 0 Å². The minimum Gasteiger partial charge on any atom is -0.292 e. The number of piperidine rings is 1. The Balaban J connectivity index is 1.76. The summed E-state index contributed by atoms with van der Waals surface area (Å²) in [5.74, 6) is 0. The van der Waals surface area contributed by atoms with Crippen LogP contribution in [0.25, 0.3) is 0 Å². The summed E-state index contributed by atoms with van der Waals surface area (Å²) >= 11 is 0. The summed E-state index contributed by atoms with van der Waals surface area (Å²) in [6.07, 6.45) is -3.53. The number of hydrogen-bond acceptors (Lipinski definition) is 2. The molecule has 5 heteroatoms.